The molecule has 1 atom stereocenters. The third-order valence-corrected chi connectivity index (χ3v) is 3.43. The minimum Gasteiger partial charge on any atom is -0.380 e. The van der Waals surface area contributed by atoms with Gasteiger partial charge < -0.3 is 10.6 Å². The van der Waals surface area contributed by atoms with Crippen LogP contribution in [0.1, 0.15) is 27.2 Å². The fraction of sp³-hybridized carbons (Fsp3) is 0.538. The van der Waals surface area contributed by atoms with E-state index in [0.29, 0.717) is 24.0 Å². The van der Waals surface area contributed by atoms with Crippen LogP contribution in [0, 0.1) is 15.5 Å². The summed E-state index contributed by atoms with van der Waals surface area (Å²) >= 11 is 0. The van der Waals surface area contributed by atoms with Gasteiger partial charge in [-0.3, -0.25) is 10.1 Å². The number of nitro groups is 1. The Morgan fingerprint density at radius 1 is 1.44 bits per heavy atom. The predicted molar refractivity (Wildman–Crippen MR) is 73.1 cm³/mol. The lowest BCUT2D eigenvalue weighted by molar-refractivity contribution is -0.383. The molecule has 1 saturated carbocycles. The maximum absolute atomic E-state index is 11.2. The molecule has 0 amide bonds. The highest BCUT2D eigenvalue weighted by Gasteiger charge is 2.46. The molecule has 1 aromatic carbocycles. The average molecular weight is 249 g/mol. The van der Waals surface area contributed by atoms with Crippen LogP contribution in [0.4, 0.5) is 17.1 Å². The number of para-hydroxylation sites is 1. The molecule has 1 aliphatic carbocycles. The van der Waals surface area contributed by atoms with Gasteiger partial charge in [-0.15, -0.1) is 0 Å². The Labute approximate surface area is 107 Å². The third-order valence-electron chi connectivity index (χ3n) is 3.43. The van der Waals surface area contributed by atoms with E-state index in [0.717, 1.165) is 6.42 Å². The lowest BCUT2D eigenvalue weighted by Crippen LogP contribution is -2.11. The van der Waals surface area contributed by atoms with Crippen molar-refractivity contribution in [2.24, 2.45) is 5.41 Å². The van der Waals surface area contributed by atoms with E-state index in [-0.39, 0.29) is 16.0 Å². The minimum absolute atomic E-state index is 0.141. The van der Waals surface area contributed by atoms with Crippen LogP contribution in [0.15, 0.2) is 18.2 Å². The van der Waals surface area contributed by atoms with Gasteiger partial charge in [-0.25, -0.2) is 0 Å². The van der Waals surface area contributed by atoms with Gasteiger partial charge in [0.15, 0.2) is 0 Å². The molecular formula is C13H19N3O2. The molecule has 5 heteroatoms. The van der Waals surface area contributed by atoms with Crippen LogP contribution in [0.5, 0.6) is 0 Å². The van der Waals surface area contributed by atoms with Crippen molar-refractivity contribution in [2.75, 3.05) is 17.2 Å². The second-order valence-corrected chi connectivity index (χ2v) is 5.38. The van der Waals surface area contributed by atoms with Crippen molar-refractivity contribution in [1.29, 1.82) is 0 Å². The SMILES string of the molecule is CCNc1cccc(NC2CC2(C)C)c1[N+](=O)[O-]. The molecule has 0 aliphatic heterocycles. The zero-order chi connectivity index (χ0) is 13.3. The number of anilines is 2. The number of nitrogens with one attached hydrogen (secondary N) is 2. The summed E-state index contributed by atoms with van der Waals surface area (Å²) < 4.78 is 0. The van der Waals surface area contributed by atoms with Gasteiger partial charge >= 0.3 is 5.69 Å². The topological polar surface area (TPSA) is 67.2 Å². The summed E-state index contributed by atoms with van der Waals surface area (Å²) in [7, 11) is 0. The van der Waals surface area contributed by atoms with Crippen molar-refractivity contribution in [3.8, 4) is 0 Å². The first-order valence-electron chi connectivity index (χ1n) is 6.23. The van der Waals surface area contributed by atoms with Crippen LogP contribution in [-0.4, -0.2) is 17.5 Å². The fourth-order valence-electron chi connectivity index (χ4n) is 2.09. The van der Waals surface area contributed by atoms with E-state index in [2.05, 4.69) is 24.5 Å². The number of nitro benzene ring substituents is 1. The molecular weight excluding hydrogens is 230 g/mol. The van der Waals surface area contributed by atoms with E-state index in [1.165, 1.54) is 0 Å². The van der Waals surface area contributed by atoms with Crippen LogP contribution in [0.2, 0.25) is 0 Å². The molecule has 0 spiro atoms. The first kappa shape index (κ1) is 12.7. The smallest absolute Gasteiger partial charge is 0.315 e. The van der Waals surface area contributed by atoms with Gasteiger partial charge in [-0.05, 0) is 30.9 Å². The molecule has 2 N–H and O–H groups in total. The van der Waals surface area contributed by atoms with Crippen LogP contribution < -0.4 is 10.6 Å². The number of hydrogen-bond donors (Lipinski definition) is 2. The van der Waals surface area contributed by atoms with Gasteiger partial charge in [-0.1, -0.05) is 19.9 Å². The zero-order valence-corrected chi connectivity index (χ0v) is 11.0. The minimum atomic E-state index is -0.324. The van der Waals surface area contributed by atoms with Gasteiger partial charge in [0.2, 0.25) is 0 Å². The Morgan fingerprint density at radius 3 is 2.56 bits per heavy atom. The van der Waals surface area contributed by atoms with Gasteiger partial charge in [-0.2, -0.15) is 0 Å². The second kappa shape index (κ2) is 4.48. The van der Waals surface area contributed by atoms with Crippen LogP contribution >= 0.6 is 0 Å². The Kier molecular flexibility index (Phi) is 3.15. The molecule has 0 radical (unpaired) electrons. The second-order valence-electron chi connectivity index (χ2n) is 5.38. The molecule has 0 bridgehead atoms. The summed E-state index contributed by atoms with van der Waals surface area (Å²) in [6.07, 6.45) is 1.05. The predicted octanol–water partition coefficient (Wildman–Crippen LogP) is 3.24. The van der Waals surface area contributed by atoms with Crippen molar-refractivity contribution in [1.82, 2.24) is 0 Å². The molecule has 1 aromatic rings. The first-order chi connectivity index (χ1) is 8.45. The summed E-state index contributed by atoms with van der Waals surface area (Å²) in [6.45, 7) is 6.91. The number of nitrogens with zero attached hydrogens (tertiary/aromatic N) is 1. The van der Waals surface area contributed by atoms with Gasteiger partial charge in [0.1, 0.15) is 11.4 Å². The van der Waals surface area contributed by atoms with Gasteiger partial charge in [0.05, 0.1) is 4.92 Å². The molecule has 1 aliphatic rings. The average Bonchev–Trinajstić information content (AvgIpc) is 2.86. The standard InChI is InChI=1S/C13H19N3O2/c1-4-14-9-6-5-7-10(12(9)16(17)18)15-11-8-13(11,2)3/h5-7,11,14-15H,4,8H2,1-3H3. The zero-order valence-electron chi connectivity index (χ0n) is 11.0. The van der Waals surface area contributed by atoms with Crippen molar-refractivity contribution in [3.63, 3.8) is 0 Å². The molecule has 0 aromatic heterocycles. The molecule has 2 rings (SSSR count). The van der Waals surface area contributed by atoms with Crippen LogP contribution in [-0.2, 0) is 0 Å². The Balaban J connectivity index is 2.28. The van der Waals surface area contributed by atoms with E-state index in [9.17, 15) is 10.1 Å². The highest BCUT2D eigenvalue weighted by molar-refractivity contribution is 5.76. The van der Waals surface area contributed by atoms with Crippen molar-refractivity contribution >= 4 is 17.1 Å². The van der Waals surface area contributed by atoms with E-state index in [1.54, 1.807) is 12.1 Å². The Bertz CT molecular complexity index is 471. The van der Waals surface area contributed by atoms with E-state index in [1.807, 2.05) is 13.0 Å². The molecule has 1 unspecified atom stereocenters. The van der Waals surface area contributed by atoms with Crippen molar-refractivity contribution < 1.29 is 4.92 Å². The summed E-state index contributed by atoms with van der Waals surface area (Å²) in [5, 5.41) is 17.5. The van der Waals surface area contributed by atoms with Crippen LogP contribution in [0.3, 0.4) is 0 Å². The lowest BCUT2D eigenvalue weighted by atomic mass is 10.1. The van der Waals surface area contributed by atoms with E-state index in [4.69, 9.17) is 0 Å². The lowest BCUT2D eigenvalue weighted by Gasteiger charge is -2.11. The summed E-state index contributed by atoms with van der Waals surface area (Å²) in [5.41, 5.74) is 1.56. The fourth-order valence-corrected chi connectivity index (χ4v) is 2.09. The molecule has 18 heavy (non-hydrogen) atoms. The monoisotopic (exact) mass is 249 g/mol. The van der Waals surface area contributed by atoms with Crippen molar-refractivity contribution in [2.45, 2.75) is 33.2 Å². The van der Waals surface area contributed by atoms with Crippen molar-refractivity contribution in [3.05, 3.63) is 28.3 Å². The maximum atomic E-state index is 11.2. The molecule has 0 heterocycles. The number of benzene rings is 1. The third kappa shape index (κ3) is 2.39. The van der Waals surface area contributed by atoms with E-state index < -0.39 is 0 Å². The number of hydrogen-bond acceptors (Lipinski definition) is 4. The van der Waals surface area contributed by atoms with Crippen LogP contribution in [0.25, 0.3) is 0 Å². The molecule has 98 valence electrons. The quantitative estimate of drug-likeness (QED) is 0.621. The van der Waals surface area contributed by atoms with Gasteiger partial charge in [0.25, 0.3) is 0 Å². The molecule has 0 saturated heterocycles. The highest BCUT2D eigenvalue weighted by Crippen LogP contribution is 2.48. The van der Waals surface area contributed by atoms with E-state index >= 15 is 0 Å². The molecule has 1 fully saturated rings. The summed E-state index contributed by atoms with van der Waals surface area (Å²) in [4.78, 5) is 10.9. The van der Waals surface area contributed by atoms with Gasteiger partial charge in [0, 0.05) is 12.6 Å². The normalized spacial score (nSPS) is 20.3. The number of rotatable bonds is 5. The first-order valence-corrected chi connectivity index (χ1v) is 6.23. The largest absolute Gasteiger partial charge is 0.380 e. The Hall–Kier alpha value is -1.78. The molecule has 5 nitrogen and oxygen atoms in total. The Morgan fingerprint density at radius 2 is 2.06 bits per heavy atom. The highest BCUT2D eigenvalue weighted by atomic mass is 16.6. The summed E-state index contributed by atoms with van der Waals surface area (Å²) in [5.74, 6) is 0. The summed E-state index contributed by atoms with van der Waals surface area (Å²) in [6, 6.07) is 5.68. The maximum Gasteiger partial charge on any atom is 0.315 e.